The molecule has 0 radical (unpaired) electrons. The number of piperidine rings is 1. The first-order chi connectivity index (χ1) is 14.6. The Kier molecular flexibility index (Phi) is 6.65. The van der Waals surface area contributed by atoms with Gasteiger partial charge in [0.15, 0.2) is 0 Å². The summed E-state index contributed by atoms with van der Waals surface area (Å²) in [7, 11) is 0. The maximum absolute atomic E-state index is 13.0. The number of aromatic nitrogens is 1. The molecule has 2 fully saturated rings. The van der Waals surface area contributed by atoms with Gasteiger partial charge in [0.05, 0.1) is 0 Å². The molecule has 2 N–H and O–H groups in total. The second-order valence-electron chi connectivity index (χ2n) is 8.67. The van der Waals surface area contributed by atoms with Crippen molar-refractivity contribution in [3.8, 4) is 0 Å². The van der Waals surface area contributed by atoms with Crippen molar-refractivity contribution in [1.29, 1.82) is 0 Å². The van der Waals surface area contributed by atoms with E-state index in [2.05, 4.69) is 50.9 Å². The zero-order valence-corrected chi connectivity index (χ0v) is 18.0. The van der Waals surface area contributed by atoms with Crippen molar-refractivity contribution >= 4 is 11.7 Å². The predicted octanol–water partition coefficient (Wildman–Crippen LogP) is 2.53. The van der Waals surface area contributed by atoms with E-state index >= 15 is 0 Å². The van der Waals surface area contributed by atoms with Crippen LogP contribution >= 0.6 is 0 Å². The maximum Gasteiger partial charge on any atom is 0.225 e. The number of piperazine rings is 1. The van der Waals surface area contributed by atoms with E-state index in [1.807, 2.05) is 12.1 Å². The minimum atomic E-state index is 0.173. The van der Waals surface area contributed by atoms with E-state index in [0.717, 1.165) is 65.2 Å². The van der Waals surface area contributed by atoms with Gasteiger partial charge in [0.1, 0.15) is 5.82 Å². The first-order valence-electron chi connectivity index (χ1n) is 11.1. The minimum Gasteiger partial charge on any atom is -0.384 e. The Hall–Kier alpha value is -2.44. The number of hydrogen-bond acceptors (Lipinski definition) is 5. The number of nitrogens with two attached hydrogens (primary N) is 1. The molecular weight excluding hydrogens is 374 g/mol. The van der Waals surface area contributed by atoms with E-state index in [-0.39, 0.29) is 5.92 Å². The summed E-state index contributed by atoms with van der Waals surface area (Å²) in [4.78, 5) is 24.1. The summed E-state index contributed by atoms with van der Waals surface area (Å²) in [5.41, 5.74) is 9.71. The van der Waals surface area contributed by atoms with Crippen molar-refractivity contribution in [3.63, 3.8) is 0 Å². The molecular formula is C24H33N5O. The lowest BCUT2D eigenvalue weighted by atomic mass is 9.94. The normalized spacial score (nSPS) is 19.2. The van der Waals surface area contributed by atoms with Gasteiger partial charge in [-0.15, -0.1) is 0 Å². The van der Waals surface area contributed by atoms with Crippen LogP contribution in [0.3, 0.4) is 0 Å². The number of nitrogens with zero attached hydrogens (tertiary/aromatic N) is 4. The van der Waals surface area contributed by atoms with Crippen molar-refractivity contribution in [3.05, 3.63) is 59.3 Å². The third-order valence-corrected chi connectivity index (χ3v) is 6.53. The number of amides is 1. The molecule has 2 saturated heterocycles. The maximum atomic E-state index is 13.0. The molecule has 30 heavy (non-hydrogen) atoms. The van der Waals surface area contributed by atoms with Crippen molar-refractivity contribution in [1.82, 2.24) is 19.7 Å². The number of hydrogen-bond donors (Lipinski definition) is 1. The van der Waals surface area contributed by atoms with Gasteiger partial charge >= 0.3 is 0 Å². The van der Waals surface area contributed by atoms with Crippen LogP contribution in [-0.2, 0) is 17.9 Å². The highest BCUT2D eigenvalue weighted by atomic mass is 16.2. The minimum absolute atomic E-state index is 0.173. The molecule has 0 aliphatic carbocycles. The molecule has 2 aliphatic rings. The highest BCUT2D eigenvalue weighted by molar-refractivity contribution is 5.79. The number of aryl methyl sites for hydroxylation is 1. The average Bonchev–Trinajstić information content (AvgIpc) is 2.76. The number of benzene rings is 1. The van der Waals surface area contributed by atoms with Gasteiger partial charge in [-0.25, -0.2) is 4.98 Å². The third kappa shape index (κ3) is 5.18. The third-order valence-electron chi connectivity index (χ3n) is 6.53. The lowest BCUT2D eigenvalue weighted by Gasteiger charge is -2.38. The summed E-state index contributed by atoms with van der Waals surface area (Å²) in [6.07, 6.45) is 3.66. The zero-order valence-electron chi connectivity index (χ0n) is 18.0. The van der Waals surface area contributed by atoms with Crippen molar-refractivity contribution in [2.75, 3.05) is 45.0 Å². The number of likely N-dealkylation sites (tertiary alicyclic amines) is 1. The smallest absolute Gasteiger partial charge is 0.225 e. The monoisotopic (exact) mass is 407 g/mol. The van der Waals surface area contributed by atoms with Crippen LogP contribution in [0.4, 0.5) is 5.82 Å². The number of anilines is 1. The highest BCUT2D eigenvalue weighted by Gasteiger charge is 2.30. The number of rotatable bonds is 5. The summed E-state index contributed by atoms with van der Waals surface area (Å²) in [6, 6.07) is 12.5. The summed E-state index contributed by atoms with van der Waals surface area (Å²) >= 11 is 0. The van der Waals surface area contributed by atoms with Crippen LogP contribution in [0, 0.1) is 12.8 Å². The van der Waals surface area contributed by atoms with Crippen LogP contribution in [0.2, 0.25) is 0 Å². The van der Waals surface area contributed by atoms with Gasteiger partial charge in [-0.1, -0.05) is 24.3 Å². The predicted molar refractivity (Wildman–Crippen MR) is 120 cm³/mol. The quantitative estimate of drug-likeness (QED) is 0.825. The number of pyridine rings is 1. The SMILES string of the molecule is Cc1ccccc1CN1CCN(C(=O)C2CCN(Cc3ccnc(N)c3)CC2)CC1. The molecule has 0 bridgehead atoms. The Morgan fingerprint density at radius 1 is 1.00 bits per heavy atom. The van der Waals surface area contributed by atoms with Crippen LogP contribution in [0.25, 0.3) is 0 Å². The van der Waals surface area contributed by atoms with Gasteiger partial charge in [0.25, 0.3) is 0 Å². The zero-order chi connectivity index (χ0) is 20.9. The van der Waals surface area contributed by atoms with E-state index in [1.165, 1.54) is 16.7 Å². The molecule has 6 heteroatoms. The molecule has 2 aromatic rings. The molecule has 2 aliphatic heterocycles. The van der Waals surface area contributed by atoms with E-state index in [9.17, 15) is 4.79 Å². The second kappa shape index (κ2) is 9.58. The summed E-state index contributed by atoms with van der Waals surface area (Å²) in [6.45, 7) is 9.58. The molecule has 0 unspecified atom stereocenters. The van der Waals surface area contributed by atoms with Gasteiger partial charge in [-0.05, 0) is 61.7 Å². The van der Waals surface area contributed by atoms with E-state index in [1.54, 1.807) is 6.20 Å². The highest BCUT2D eigenvalue weighted by Crippen LogP contribution is 2.22. The van der Waals surface area contributed by atoms with Crippen molar-refractivity contribution in [2.45, 2.75) is 32.9 Å². The van der Waals surface area contributed by atoms with Crippen LogP contribution in [0.15, 0.2) is 42.6 Å². The van der Waals surface area contributed by atoms with Crippen molar-refractivity contribution < 1.29 is 4.79 Å². The van der Waals surface area contributed by atoms with Crippen LogP contribution in [0.5, 0.6) is 0 Å². The molecule has 4 rings (SSSR count). The van der Waals surface area contributed by atoms with Crippen LogP contribution in [-0.4, -0.2) is 64.9 Å². The van der Waals surface area contributed by atoms with Gasteiger partial charge in [-0.3, -0.25) is 14.6 Å². The van der Waals surface area contributed by atoms with Crippen LogP contribution < -0.4 is 5.73 Å². The van der Waals surface area contributed by atoms with E-state index in [4.69, 9.17) is 5.73 Å². The molecule has 1 amide bonds. The van der Waals surface area contributed by atoms with E-state index < -0.39 is 0 Å². The molecule has 0 atom stereocenters. The Bertz CT molecular complexity index is 854. The van der Waals surface area contributed by atoms with Gasteiger partial charge in [-0.2, -0.15) is 0 Å². The molecule has 0 saturated carbocycles. The first-order valence-corrected chi connectivity index (χ1v) is 11.1. The fourth-order valence-electron chi connectivity index (χ4n) is 4.60. The Morgan fingerprint density at radius 3 is 2.40 bits per heavy atom. The van der Waals surface area contributed by atoms with Gasteiger partial charge in [0.2, 0.25) is 5.91 Å². The molecule has 6 nitrogen and oxygen atoms in total. The largest absolute Gasteiger partial charge is 0.384 e. The summed E-state index contributed by atoms with van der Waals surface area (Å²) in [5, 5.41) is 0. The first kappa shape index (κ1) is 20.8. The Morgan fingerprint density at radius 2 is 1.70 bits per heavy atom. The van der Waals surface area contributed by atoms with E-state index in [0.29, 0.717) is 11.7 Å². The second-order valence-corrected chi connectivity index (χ2v) is 8.67. The number of carbonyl (C=O) groups is 1. The van der Waals surface area contributed by atoms with Crippen LogP contribution in [0.1, 0.15) is 29.5 Å². The molecule has 1 aromatic carbocycles. The molecule has 0 spiro atoms. The lowest BCUT2D eigenvalue weighted by Crippen LogP contribution is -2.51. The topological polar surface area (TPSA) is 65.7 Å². The Balaban J connectivity index is 1.22. The molecule has 160 valence electrons. The fourth-order valence-corrected chi connectivity index (χ4v) is 4.60. The lowest BCUT2D eigenvalue weighted by molar-refractivity contribution is -0.139. The Labute approximate surface area is 179 Å². The van der Waals surface area contributed by atoms with Crippen molar-refractivity contribution in [2.24, 2.45) is 5.92 Å². The fraction of sp³-hybridized carbons (Fsp3) is 0.500. The average molecular weight is 408 g/mol. The summed E-state index contributed by atoms with van der Waals surface area (Å²) < 4.78 is 0. The number of nitrogen functional groups attached to an aromatic ring is 1. The van der Waals surface area contributed by atoms with Gasteiger partial charge in [0, 0.05) is 51.4 Å². The molecule has 1 aromatic heterocycles. The molecule has 3 heterocycles. The standard InChI is InChI=1S/C24H33N5O/c1-19-4-2-3-5-22(19)18-28-12-14-29(15-13-28)24(30)21-7-10-27(11-8-21)17-20-6-9-26-23(25)16-20/h2-6,9,16,21H,7-8,10-15,17-18H2,1H3,(H2,25,26). The summed E-state index contributed by atoms with van der Waals surface area (Å²) in [5.74, 6) is 1.10. The van der Waals surface area contributed by atoms with Gasteiger partial charge < -0.3 is 10.6 Å². The number of carbonyl (C=O) groups excluding carboxylic acids is 1.